The number of rotatable bonds is 2. The zero-order chi connectivity index (χ0) is 21.2. The van der Waals surface area contributed by atoms with Crippen LogP contribution in [0.25, 0.3) is 0 Å². The van der Waals surface area contributed by atoms with Crippen molar-refractivity contribution >= 4 is 6.09 Å². The van der Waals surface area contributed by atoms with Crippen molar-refractivity contribution in [1.82, 2.24) is 4.90 Å². The van der Waals surface area contributed by atoms with Crippen molar-refractivity contribution in [3.63, 3.8) is 0 Å². The molecule has 3 rings (SSSR count). The van der Waals surface area contributed by atoms with E-state index in [9.17, 15) is 25.0 Å². The Labute approximate surface area is 167 Å². The molecule has 0 spiro atoms. The largest absolute Gasteiger partial charge is 0.450 e. The van der Waals surface area contributed by atoms with Gasteiger partial charge in [0.25, 0.3) is 0 Å². The number of fused-ring (bicyclic) bond motifs is 1. The van der Waals surface area contributed by atoms with Gasteiger partial charge in [0.05, 0.1) is 30.0 Å². The number of amides is 1. The molecule has 7 nitrogen and oxygen atoms in total. The van der Waals surface area contributed by atoms with E-state index in [-0.39, 0.29) is 31.0 Å². The quantitative estimate of drug-likeness (QED) is 0.826. The smallest absolute Gasteiger partial charge is 0.410 e. The maximum absolute atomic E-state index is 14.0. The van der Waals surface area contributed by atoms with E-state index in [0.29, 0.717) is 11.1 Å². The third-order valence-corrected chi connectivity index (χ3v) is 5.40. The van der Waals surface area contributed by atoms with Crippen LogP contribution in [-0.2, 0) is 4.74 Å². The molecule has 2 atom stereocenters. The van der Waals surface area contributed by atoms with E-state index in [1.54, 1.807) is 19.1 Å². The van der Waals surface area contributed by atoms with Gasteiger partial charge >= 0.3 is 6.09 Å². The first-order valence-electron chi connectivity index (χ1n) is 9.03. The van der Waals surface area contributed by atoms with Crippen LogP contribution >= 0.6 is 0 Å². The Morgan fingerprint density at radius 2 is 2.10 bits per heavy atom. The summed E-state index contributed by atoms with van der Waals surface area (Å²) in [6, 6.07) is 11.6. The Kier molecular flexibility index (Phi) is 5.26. The molecule has 1 aromatic carbocycles. The second kappa shape index (κ2) is 7.66. The molecule has 1 aromatic rings. The number of ether oxygens (including phenoxy) is 1. The summed E-state index contributed by atoms with van der Waals surface area (Å²) in [6.07, 6.45) is 1.14. The molecule has 1 aliphatic carbocycles. The highest BCUT2D eigenvalue weighted by molar-refractivity contribution is 5.69. The van der Waals surface area contributed by atoms with Crippen LogP contribution in [0.4, 0.5) is 9.18 Å². The summed E-state index contributed by atoms with van der Waals surface area (Å²) < 4.78 is 19.1. The van der Waals surface area contributed by atoms with E-state index >= 15 is 0 Å². The SMILES string of the molecule is CCOC(=O)N1CC=C2C(C#N)=C(N)C(C#N)(C#N)[C@H](c3cccc(F)c3)[C@H]2C1. The van der Waals surface area contributed by atoms with Gasteiger partial charge in [-0.15, -0.1) is 0 Å². The first-order valence-corrected chi connectivity index (χ1v) is 9.03. The van der Waals surface area contributed by atoms with Crippen LogP contribution in [0.2, 0.25) is 0 Å². The molecule has 2 aliphatic rings. The van der Waals surface area contributed by atoms with Crippen molar-refractivity contribution in [3.8, 4) is 18.2 Å². The summed E-state index contributed by atoms with van der Waals surface area (Å²) in [6.45, 7) is 2.19. The minimum absolute atomic E-state index is 0.0641. The number of nitrogens with two attached hydrogens (primary N) is 1. The Bertz CT molecular complexity index is 1030. The lowest BCUT2D eigenvalue weighted by Crippen LogP contribution is -2.49. The van der Waals surface area contributed by atoms with Gasteiger partial charge in [0.2, 0.25) is 0 Å². The molecule has 0 fully saturated rings. The van der Waals surface area contributed by atoms with Crippen LogP contribution in [0.1, 0.15) is 18.4 Å². The molecule has 2 N–H and O–H groups in total. The van der Waals surface area contributed by atoms with Crippen LogP contribution in [0.3, 0.4) is 0 Å². The maximum Gasteiger partial charge on any atom is 0.410 e. The standard InChI is InChI=1S/C21H18FN5O2/c1-2-29-20(28)27-7-6-15-16(9-23)19(26)21(11-24,12-25)18(17(15)10-27)13-4-3-5-14(22)8-13/h3-6,8,17-18H,2,7,10,26H2,1H3/t17-,18+/m0/s1. The number of carbonyl (C=O) groups excluding carboxylic acids is 1. The van der Waals surface area contributed by atoms with E-state index < -0.39 is 29.2 Å². The average molecular weight is 391 g/mol. The minimum atomic E-state index is -1.88. The Hall–Kier alpha value is -3.83. The van der Waals surface area contributed by atoms with Gasteiger partial charge in [-0.05, 0) is 30.2 Å². The van der Waals surface area contributed by atoms with Crippen LogP contribution in [0.15, 0.2) is 47.2 Å². The minimum Gasteiger partial charge on any atom is -0.450 e. The lowest BCUT2D eigenvalue weighted by molar-refractivity contribution is 0.0999. The highest BCUT2D eigenvalue weighted by atomic mass is 19.1. The topological polar surface area (TPSA) is 127 Å². The fourth-order valence-corrected chi connectivity index (χ4v) is 4.12. The molecule has 1 heterocycles. The summed E-state index contributed by atoms with van der Waals surface area (Å²) in [5.41, 5.74) is 5.17. The van der Waals surface area contributed by atoms with Gasteiger partial charge in [0.1, 0.15) is 11.9 Å². The molecule has 1 aliphatic heterocycles. The van der Waals surface area contributed by atoms with Gasteiger partial charge in [-0.3, -0.25) is 0 Å². The van der Waals surface area contributed by atoms with Gasteiger partial charge in [-0.2, -0.15) is 15.8 Å². The van der Waals surface area contributed by atoms with Gasteiger partial charge in [-0.1, -0.05) is 18.2 Å². The molecular formula is C21H18FN5O2. The lowest BCUT2D eigenvalue weighted by Gasteiger charge is -2.45. The zero-order valence-corrected chi connectivity index (χ0v) is 15.7. The van der Waals surface area contributed by atoms with Gasteiger partial charge in [0, 0.05) is 24.9 Å². The fraction of sp³-hybridized carbons (Fsp3) is 0.333. The molecule has 0 saturated heterocycles. The summed E-state index contributed by atoms with van der Waals surface area (Å²) in [5.74, 6) is -1.99. The number of hydrogen-bond acceptors (Lipinski definition) is 6. The van der Waals surface area contributed by atoms with E-state index in [0.717, 1.165) is 0 Å². The summed E-state index contributed by atoms with van der Waals surface area (Å²) in [7, 11) is 0. The Balaban J connectivity index is 2.24. The van der Waals surface area contributed by atoms with E-state index in [1.807, 2.05) is 18.2 Å². The number of nitrogens with zero attached hydrogens (tertiary/aromatic N) is 4. The molecule has 146 valence electrons. The monoisotopic (exact) mass is 391 g/mol. The number of hydrogen-bond donors (Lipinski definition) is 1. The molecule has 1 amide bonds. The van der Waals surface area contributed by atoms with Crippen molar-refractivity contribution < 1.29 is 13.9 Å². The van der Waals surface area contributed by atoms with E-state index in [1.165, 1.54) is 23.1 Å². The first-order chi connectivity index (χ1) is 13.9. The molecule has 29 heavy (non-hydrogen) atoms. The van der Waals surface area contributed by atoms with Crippen molar-refractivity contribution in [2.24, 2.45) is 17.1 Å². The highest BCUT2D eigenvalue weighted by Crippen LogP contribution is 2.54. The fourth-order valence-electron chi connectivity index (χ4n) is 4.12. The number of nitriles is 3. The number of halogens is 1. The van der Waals surface area contributed by atoms with Gasteiger partial charge in [0.15, 0.2) is 5.41 Å². The van der Waals surface area contributed by atoms with E-state index in [2.05, 4.69) is 0 Å². The van der Waals surface area contributed by atoms with Crippen molar-refractivity contribution in [1.29, 1.82) is 15.8 Å². The Morgan fingerprint density at radius 3 is 2.69 bits per heavy atom. The lowest BCUT2D eigenvalue weighted by atomic mass is 9.58. The van der Waals surface area contributed by atoms with Crippen LogP contribution < -0.4 is 5.73 Å². The van der Waals surface area contributed by atoms with Crippen molar-refractivity contribution in [2.75, 3.05) is 19.7 Å². The van der Waals surface area contributed by atoms with Gasteiger partial charge < -0.3 is 15.4 Å². The highest BCUT2D eigenvalue weighted by Gasteiger charge is 2.54. The number of benzene rings is 1. The summed E-state index contributed by atoms with van der Waals surface area (Å²) in [5, 5.41) is 29.6. The third-order valence-electron chi connectivity index (χ3n) is 5.40. The Morgan fingerprint density at radius 1 is 1.38 bits per heavy atom. The normalized spacial score (nSPS) is 22.4. The molecular weight excluding hydrogens is 373 g/mol. The first kappa shape index (κ1) is 19.9. The summed E-state index contributed by atoms with van der Waals surface area (Å²) in [4.78, 5) is 13.7. The second-order valence-electron chi connectivity index (χ2n) is 6.83. The molecule has 0 unspecified atom stereocenters. The van der Waals surface area contributed by atoms with Gasteiger partial charge in [-0.25, -0.2) is 9.18 Å². The number of allylic oxidation sites excluding steroid dienone is 2. The van der Waals surface area contributed by atoms with Crippen LogP contribution in [0, 0.1) is 51.1 Å². The van der Waals surface area contributed by atoms with Crippen LogP contribution in [0.5, 0.6) is 0 Å². The maximum atomic E-state index is 14.0. The molecule has 0 aromatic heterocycles. The second-order valence-corrected chi connectivity index (χ2v) is 6.83. The zero-order valence-electron chi connectivity index (χ0n) is 15.7. The number of carbonyl (C=O) groups is 1. The predicted octanol–water partition coefficient (Wildman–Crippen LogP) is 2.71. The average Bonchev–Trinajstić information content (AvgIpc) is 2.73. The predicted molar refractivity (Wildman–Crippen MR) is 99.8 cm³/mol. The molecule has 0 radical (unpaired) electrons. The molecule has 0 bridgehead atoms. The van der Waals surface area contributed by atoms with Crippen molar-refractivity contribution in [3.05, 3.63) is 58.6 Å². The third kappa shape index (κ3) is 3.07. The van der Waals surface area contributed by atoms with Crippen molar-refractivity contribution in [2.45, 2.75) is 12.8 Å². The van der Waals surface area contributed by atoms with Crippen LogP contribution in [-0.4, -0.2) is 30.7 Å². The molecule has 8 heteroatoms. The van der Waals surface area contributed by atoms with E-state index in [4.69, 9.17) is 10.5 Å². The summed E-state index contributed by atoms with van der Waals surface area (Å²) >= 11 is 0. The molecule has 0 saturated carbocycles.